The van der Waals surface area contributed by atoms with Crippen LogP contribution in [0.15, 0.2) is 0 Å². The lowest BCUT2D eigenvalue weighted by atomic mass is 10.0. The molecule has 0 rings (SSSR count). The summed E-state index contributed by atoms with van der Waals surface area (Å²) in [5.74, 6) is -1.76. The Hall–Kier alpha value is -1.03. The van der Waals surface area contributed by atoms with E-state index in [1.165, 1.54) is 193 Å². The first-order valence-electron chi connectivity index (χ1n) is 24.6. The molecule has 0 radical (unpaired) electrons. The van der Waals surface area contributed by atoms with Crippen LogP contribution in [0.4, 0.5) is 0 Å². The molecule has 0 aromatic rings. The molecule has 0 aliphatic rings. The van der Waals surface area contributed by atoms with Gasteiger partial charge in [0.15, 0.2) is 0 Å². The van der Waals surface area contributed by atoms with Gasteiger partial charge in [-0.2, -0.15) is 0 Å². The summed E-state index contributed by atoms with van der Waals surface area (Å²) in [4.78, 5) is 33.6. The number of hydrogen-bond acceptors (Lipinski definition) is 8. The van der Waals surface area contributed by atoms with Gasteiger partial charge in [0, 0.05) is 13.0 Å². The third-order valence-electron chi connectivity index (χ3n) is 11.1. The van der Waals surface area contributed by atoms with Gasteiger partial charge in [0.25, 0.3) is 0 Å². The monoisotopic (exact) mass is 848 g/mol. The van der Waals surface area contributed by atoms with Gasteiger partial charge in [-0.3, -0.25) is 18.6 Å². The Morgan fingerprint density at radius 2 is 0.793 bits per heavy atom. The molecule has 346 valence electrons. The van der Waals surface area contributed by atoms with Crippen LogP contribution in [0.1, 0.15) is 251 Å². The van der Waals surface area contributed by atoms with Crippen LogP contribution in [0.5, 0.6) is 0 Å². The second-order valence-electron chi connectivity index (χ2n) is 17.0. The number of carbonyl (C=O) groups excluding carboxylic acids is 1. The lowest BCUT2D eigenvalue weighted by Gasteiger charge is -2.20. The zero-order chi connectivity index (χ0) is 42.6. The van der Waals surface area contributed by atoms with Crippen molar-refractivity contribution in [2.24, 2.45) is 5.73 Å². The second kappa shape index (κ2) is 44.0. The number of hydrogen-bond donors (Lipinski definition) is 3. The summed E-state index contributed by atoms with van der Waals surface area (Å²) in [5, 5.41) is 8.91. The van der Waals surface area contributed by atoms with E-state index in [-0.39, 0.29) is 13.0 Å². The van der Waals surface area contributed by atoms with E-state index in [1.54, 1.807) is 0 Å². The summed E-state index contributed by atoms with van der Waals surface area (Å²) < 4.78 is 33.5. The topological polar surface area (TPSA) is 155 Å². The average Bonchev–Trinajstić information content (AvgIpc) is 3.20. The van der Waals surface area contributed by atoms with Gasteiger partial charge in [-0.25, -0.2) is 4.57 Å². The molecular formula is C47H94NO9P. The summed E-state index contributed by atoms with van der Waals surface area (Å²) in [7, 11) is -4.61. The molecule has 0 spiro atoms. The molecule has 0 aromatic heterocycles. The van der Waals surface area contributed by atoms with E-state index in [4.69, 9.17) is 29.4 Å². The number of esters is 1. The lowest BCUT2D eigenvalue weighted by Crippen LogP contribution is -2.34. The highest BCUT2D eigenvalue weighted by atomic mass is 31.2. The van der Waals surface area contributed by atoms with Crippen molar-refractivity contribution in [3.8, 4) is 0 Å². The number of nitrogens with two attached hydrogens (primary N) is 1. The van der Waals surface area contributed by atoms with Crippen LogP contribution in [0.2, 0.25) is 0 Å². The average molecular weight is 848 g/mol. The van der Waals surface area contributed by atoms with Crippen molar-refractivity contribution in [1.82, 2.24) is 0 Å². The van der Waals surface area contributed by atoms with Crippen LogP contribution < -0.4 is 5.73 Å². The van der Waals surface area contributed by atoms with Gasteiger partial charge in [0.2, 0.25) is 0 Å². The molecular weight excluding hydrogens is 753 g/mol. The highest BCUT2D eigenvalue weighted by Crippen LogP contribution is 2.43. The predicted octanol–water partition coefficient (Wildman–Crippen LogP) is 13.9. The van der Waals surface area contributed by atoms with E-state index in [2.05, 4.69) is 13.8 Å². The number of rotatable bonds is 48. The van der Waals surface area contributed by atoms with E-state index in [0.717, 1.165) is 38.5 Å². The first kappa shape index (κ1) is 57.0. The van der Waals surface area contributed by atoms with Crippen LogP contribution >= 0.6 is 7.82 Å². The van der Waals surface area contributed by atoms with Gasteiger partial charge >= 0.3 is 19.8 Å². The highest BCUT2D eigenvalue weighted by Gasteiger charge is 2.27. The SMILES string of the molecule is CCCCCCCCCCCCCCCCCCCCCC(=O)OC(COCCCCCCCCCCCCCCCCCCC)COP(=O)(O)OCC(N)C(=O)O. The van der Waals surface area contributed by atoms with Crippen molar-refractivity contribution in [1.29, 1.82) is 0 Å². The standard InChI is InChI=1S/C47H94NO9P/c1-3-5-7-9-11-13-15-17-19-21-22-23-25-27-29-31-33-35-37-39-46(49)57-44(42-55-58(52,53)56-43-45(48)47(50)51)41-54-40-38-36-34-32-30-28-26-24-20-18-16-14-12-10-8-6-4-2/h44-45H,3-43,48H2,1-2H3,(H,50,51)(H,52,53). The Morgan fingerprint density at radius 3 is 1.14 bits per heavy atom. The van der Waals surface area contributed by atoms with Crippen molar-refractivity contribution in [2.75, 3.05) is 26.4 Å². The fourth-order valence-electron chi connectivity index (χ4n) is 7.31. The molecule has 0 bridgehead atoms. The number of phosphoric ester groups is 1. The molecule has 3 atom stereocenters. The number of carboxylic acid groups (broad SMARTS) is 1. The van der Waals surface area contributed by atoms with Crippen LogP contribution in [0, 0.1) is 0 Å². The van der Waals surface area contributed by atoms with Crippen molar-refractivity contribution >= 4 is 19.8 Å². The number of unbranched alkanes of at least 4 members (excludes halogenated alkanes) is 34. The summed E-state index contributed by atoms with van der Waals surface area (Å²) in [6.45, 7) is 3.95. The molecule has 0 saturated heterocycles. The van der Waals surface area contributed by atoms with E-state index < -0.39 is 45.1 Å². The molecule has 0 aliphatic heterocycles. The number of ether oxygens (including phenoxy) is 2. The zero-order valence-corrected chi connectivity index (χ0v) is 38.8. The highest BCUT2D eigenvalue weighted by molar-refractivity contribution is 7.47. The third kappa shape index (κ3) is 43.1. The maximum absolute atomic E-state index is 12.7. The number of aliphatic carboxylic acids is 1. The van der Waals surface area contributed by atoms with Crippen molar-refractivity contribution in [3.05, 3.63) is 0 Å². The van der Waals surface area contributed by atoms with Gasteiger partial charge in [-0.05, 0) is 12.8 Å². The van der Waals surface area contributed by atoms with Crippen molar-refractivity contribution in [3.63, 3.8) is 0 Å². The zero-order valence-electron chi connectivity index (χ0n) is 37.9. The van der Waals surface area contributed by atoms with E-state index in [0.29, 0.717) is 6.61 Å². The van der Waals surface area contributed by atoms with Gasteiger partial charge in [0.05, 0.1) is 19.8 Å². The molecule has 4 N–H and O–H groups in total. The Kier molecular flexibility index (Phi) is 43.3. The molecule has 11 heteroatoms. The summed E-state index contributed by atoms with van der Waals surface area (Å²) in [5.41, 5.74) is 5.37. The normalized spacial score (nSPS) is 13.7. The quantitative estimate of drug-likeness (QED) is 0.0306. The Morgan fingerprint density at radius 1 is 0.483 bits per heavy atom. The number of carboxylic acids is 1. The van der Waals surface area contributed by atoms with Gasteiger partial charge < -0.3 is 25.2 Å². The molecule has 0 fully saturated rings. The fourth-order valence-corrected chi connectivity index (χ4v) is 8.09. The Labute approximate surface area is 357 Å². The van der Waals surface area contributed by atoms with Crippen LogP contribution in [-0.2, 0) is 32.7 Å². The number of phosphoric acid groups is 1. The molecule has 0 saturated carbocycles. The molecule has 3 unspecified atom stereocenters. The molecule has 0 aliphatic carbocycles. The van der Waals surface area contributed by atoms with Gasteiger partial charge in [0.1, 0.15) is 12.1 Å². The summed E-state index contributed by atoms with van der Waals surface area (Å²) in [6, 6.07) is -1.47. The minimum absolute atomic E-state index is 0.0262. The lowest BCUT2D eigenvalue weighted by molar-refractivity contribution is -0.154. The smallest absolute Gasteiger partial charge is 0.472 e. The summed E-state index contributed by atoms with van der Waals surface area (Å²) >= 11 is 0. The summed E-state index contributed by atoms with van der Waals surface area (Å²) in [6.07, 6.45) is 45.8. The molecule has 0 amide bonds. The van der Waals surface area contributed by atoms with Gasteiger partial charge in [-0.1, -0.05) is 232 Å². The Bertz CT molecular complexity index is 940. The van der Waals surface area contributed by atoms with Crippen LogP contribution in [0.25, 0.3) is 0 Å². The molecule has 0 aromatic carbocycles. The Balaban J connectivity index is 4.11. The van der Waals surface area contributed by atoms with Crippen LogP contribution in [0.3, 0.4) is 0 Å². The third-order valence-corrected chi connectivity index (χ3v) is 12.1. The van der Waals surface area contributed by atoms with Crippen molar-refractivity contribution < 1.29 is 42.7 Å². The predicted molar refractivity (Wildman–Crippen MR) is 240 cm³/mol. The first-order valence-corrected chi connectivity index (χ1v) is 26.1. The van der Waals surface area contributed by atoms with Crippen LogP contribution in [-0.4, -0.2) is 60.5 Å². The van der Waals surface area contributed by atoms with E-state index in [9.17, 15) is 19.0 Å². The maximum Gasteiger partial charge on any atom is 0.472 e. The second-order valence-corrected chi connectivity index (χ2v) is 18.4. The molecule has 10 nitrogen and oxygen atoms in total. The minimum atomic E-state index is -4.61. The van der Waals surface area contributed by atoms with Crippen molar-refractivity contribution in [2.45, 2.75) is 264 Å². The van der Waals surface area contributed by atoms with Gasteiger partial charge in [-0.15, -0.1) is 0 Å². The first-order chi connectivity index (χ1) is 28.2. The fraction of sp³-hybridized carbons (Fsp3) is 0.957. The maximum atomic E-state index is 12.7. The largest absolute Gasteiger partial charge is 0.480 e. The molecule has 0 heterocycles. The van der Waals surface area contributed by atoms with E-state index in [1.807, 2.05) is 0 Å². The number of carbonyl (C=O) groups is 2. The molecule has 58 heavy (non-hydrogen) atoms. The van der Waals surface area contributed by atoms with E-state index >= 15 is 0 Å². The minimum Gasteiger partial charge on any atom is -0.480 e.